The number of aryl methyl sites for hydroxylation is 1. The maximum Gasteiger partial charge on any atom is 0.309 e. The quantitative estimate of drug-likeness (QED) is 0.524. The van der Waals surface area contributed by atoms with Crippen LogP contribution in [-0.2, 0) is 0 Å². The van der Waals surface area contributed by atoms with Crippen LogP contribution in [0.1, 0.15) is 26.9 Å². The second-order valence-corrected chi connectivity index (χ2v) is 6.19. The molecule has 144 valence electrons. The lowest BCUT2D eigenvalue weighted by Crippen LogP contribution is -2.42. The van der Waals surface area contributed by atoms with Crippen LogP contribution in [0.5, 0.6) is 0 Å². The summed E-state index contributed by atoms with van der Waals surface area (Å²) >= 11 is 0. The molecule has 0 unspecified atom stereocenters. The number of rotatable bonds is 4. The van der Waals surface area contributed by atoms with E-state index in [1.807, 2.05) is 60.7 Å². The summed E-state index contributed by atoms with van der Waals surface area (Å²) in [6, 6.07) is 22.0. The summed E-state index contributed by atoms with van der Waals surface area (Å²) < 4.78 is 6.81. The maximum atomic E-state index is 12.5. The van der Waals surface area contributed by atoms with Crippen molar-refractivity contribution in [3.05, 3.63) is 90.1 Å². The van der Waals surface area contributed by atoms with Gasteiger partial charge in [0.05, 0.1) is 5.69 Å². The van der Waals surface area contributed by atoms with Gasteiger partial charge in [-0.05, 0) is 31.2 Å². The van der Waals surface area contributed by atoms with E-state index in [4.69, 9.17) is 4.42 Å². The average Bonchev–Trinajstić information content (AvgIpc) is 3.40. The molecular weight excluding hydrogens is 370 g/mol. The number of amides is 2. The molecule has 2 aromatic heterocycles. The molecule has 8 heteroatoms. The summed E-state index contributed by atoms with van der Waals surface area (Å²) in [4.78, 5) is 28.9. The van der Waals surface area contributed by atoms with Crippen LogP contribution in [0.4, 0.5) is 0 Å². The third-order valence-corrected chi connectivity index (χ3v) is 4.10. The molecule has 0 fully saturated rings. The summed E-state index contributed by atoms with van der Waals surface area (Å²) in [6.07, 6.45) is 0. The number of nitrogens with one attached hydrogen (secondary N) is 2. The van der Waals surface area contributed by atoms with Crippen molar-refractivity contribution in [2.45, 2.75) is 6.92 Å². The molecule has 4 aromatic rings. The van der Waals surface area contributed by atoms with Gasteiger partial charge in [-0.1, -0.05) is 48.5 Å². The molecule has 0 aliphatic heterocycles. The second kappa shape index (κ2) is 7.81. The molecule has 8 nitrogen and oxygen atoms in total. The normalized spacial score (nSPS) is 10.5. The first kappa shape index (κ1) is 18.2. The summed E-state index contributed by atoms with van der Waals surface area (Å²) in [7, 11) is 0. The number of hydrazine groups is 1. The zero-order chi connectivity index (χ0) is 20.2. The van der Waals surface area contributed by atoms with Crippen LogP contribution < -0.4 is 10.9 Å². The Morgan fingerprint density at radius 1 is 0.862 bits per heavy atom. The zero-order valence-corrected chi connectivity index (χ0v) is 15.5. The van der Waals surface area contributed by atoms with Crippen molar-refractivity contribution in [1.82, 2.24) is 25.6 Å². The Bertz CT molecular complexity index is 1090. The Kier molecular flexibility index (Phi) is 4.90. The Hall–Kier alpha value is -4.20. The van der Waals surface area contributed by atoms with Gasteiger partial charge in [0.25, 0.3) is 0 Å². The number of hydrogen-bond donors (Lipinski definition) is 2. The SMILES string of the molecule is Cc1ccc(C(=O)NNC(=O)c2nc(-c3ccccc3)n(-c3ccccc3)n2)o1. The van der Waals surface area contributed by atoms with Crippen LogP contribution in [0.15, 0.2) is 77.2 Å². The van der Waals surface area contributed by atoms with Gasteiger partial charge in [0, 0.05) is 5.56 Å². The van der Waals surface area contributed by atoms with E-state index in [-0.39, 0.29) is 11.6 Å². The van der Waals surface area contributed by atoms with Crippen LogP contribution in [0.25, 0.3) is 17.1 Å². The Morgan fingerprint density at radius 2 is 1.52 bits per heavy atom. The Morgan fingerprint density at radius 3 is 2.17 bits per heavy atom. The van der Waals surface area contributed by atoms with Crippen LogP contribution in [0.3, 0.4) is 0 Å². The first-order chi connectivity index (χ1) is 14.1. The highest BCUT2D eigenvalue weighted by molar-refractivity contribution is 5.96. The summed E-state index contributed by atoms with van der Waals surface area (Å²) in [5, 5.41) is 4.33. The van der Waals surface area contributed by atoms with E-state index in [9.17, 15) is 9.59 Å². The fourth-order valence-corrected chi connectivity index (χ4v) is 2.72. The molecule has 0 aliphatic carbocycles. The van der Waals surface area contributed by atoms with Gasteiger partial charge in [-0.15, -0.1) is 5.10 Å². The van der Waals surface area contributed by atoms with Crippen molar-refractivity contribution in [1.29, 1.82) is 0 Å². The highest BCUT2D eigenvalue weighted by atomic mass is 16.3. The van der Waals surface area contributed by atoms with E-state index in [0.29, 0.717) is 11.6 Å². The van der Waals surface area contributed by atoms with E-state index < -0.39 is 11.8 Å². The lowest BCUT2D eigenvalue weighted by Gasteiger charge is -2.05. The largest absolute Gasteiger partial charge is 0.456 e. The van der Waals surface area contributed by atoms with Crippen LogP contribution in [0.2, 0.25) is 0 Å². The lowest BCUT2D eigenvalue weighted by atomic mass is 10.2. The number of carbonyl (C=O) groups excluding carboxylic acids is 2. The van der Waals surface area contributed by atoms with Gasteiger partial charge in [0.2, 0.25) is 5.82 Å². The minimum absolute atomic E-state index is 0.0800. The van der Waals surface area contributed by atoms with Gasteiger partial charge in [0.15, 0.2) is 11.6 Å². The molecule has 0 spiro atoms. The third kappa shape index (κ3) is 3.91. The highest BCUT2D eigenvalue weighted by Gasteiger charge is 2.19. The molecule has 0 atom stereocenters. The van der Waals surface area contributed by atoms with Crippen molar-refractivity contribution >= 4 is 11.8 Å². The van der Waals surface area contributed by atoms with Gasteiger partial charge >= 0.3 is 11.8 Å². The first-order valence-corrected chi connectivity index (χ1v) is 8.87. The molecule has 0 saturated heterocycles. The molecule has 2 N–H and O–H groups in total. The van der Waals surface area contributed by atoms with Crippen molar-refractivity contribution < 1.29 is 14.0 Å². The fourth-order valence-electron chi connectivity index (χ4n) is 2.72. The van der Waals surface area contributed by atoms with E-state index in [2.05, 4.69) is 20.9 Å². The topological polar surface area (TPSA) is 102 Å². The van der Waals surface area contributed by atoms with Crippen molar-refractivity contribution in [3.63, 3.8) is 0 Å². The minimum atomic E-state index is -0.645. The smallest absolute Gasteiger partial charge is 0.309 e. The number of hydrogen-bond acceptors (Lipinski definition) is 5. The number of carbonyl (C=O) groups is 2. The Labute approximate surface area is 166 Å². The predicted molar refractivity (Wildman–Crippen MR) is 105 cm³/mol. The van der Waals surface area contributed by atoms with Crippen molar-refractivity contribution in [2.24, 2.45) is 0 Å². The molecule has 0 saturated carbocycles. The zero-order valence-electron chi connectivity index (χ0n) is 15.5. The number of furan rings is 1. The van der Waals surface area contributed by atoms with E-state index in [0.717, 1.165) is 11.3 Å². The molecule has 2 aromatic carbocycles. The van der Waals surface area contributed by atoms with Crippen LogP contribution in [0, 0.1) is 6.92 Å². The highest BCUT2D eigenvalue weighted by Crippen LogP contribution is 2.20. The molecule has 2 heterocycles. The monoisotopic (exact) mass is 387 g/mol. The maximum absolute atomic E-state index is 12.5. The van der Waals surface area contributed by atoms with Gasteiger partial charge in [0.1, 0.15) is 5.76 Å². The summed E-state index contributed by atoms with van der Waals surface area (Å²) in [6.45, 7) is 1.72. The minimum Gasteiger partial charge on any atom is -0.456 e. The van der Waals surface area contributed by atoms with E-state index in [1.54, 1.807) is 17.7 Å². The predicted octanol–water partition coefficient (Wildman–Crippen LogP) is 2.91. The number of aromatic nitrogens is 3. The first-order valence-electron chi connectivity index (χ1n) is 8.87. The Balaban J connectivity index is 1.60. The van der Waals surface area contributed by atoms with Crippen molar-refractivity contribution in [3.8, 4) is 17.1 Å². The molecule has 0 bridgehead atoms. The average molecular weight is 387 g/mol. The number of benzene rings is 2. The third-order valence-electron chi connectivity index (χ3n) is 4.10. The fraction of sp³-hybridized carbons (Fsp3) is 0.0476. The molecule has 0 aliphatic rings. The van der Waals surface area contributed by atoms with Gasteiger partial charge in [-0.25, -0.2) is 9.67 Å². The number of para-hydroxylation sites is 1. The van der Waals surface area contributed by atoms with Crippen LogP contribution >= 0.6 is 0 Å². The second-order valence-electron chi connectivity index (χ2n) is 6.19. The van der Waals surface area contributed by atoms with Gasteiger partial charge in [-0.3, -0.25) is 20.4 Å². The molecule has 4 rings (SSSR count). The molecule has 0 radical (unpaired) electrons. The molecule has 2 amide bonds. The number of nitrogens with zero attached hydrogens (tertiary/aromatic N) is 3. The summed E-state index contributed by atoms with van der Waals surface area (Å²) in [5.74, 6) is -0.0999. The standard InChI is InChI=1S/C21H17N5O3/c1-14-12-13-17(29-14)20(27)23-24-21(28)18-22-19(15-8-4-2-5-9-15)26(25-18)16-10-6-3-7-11-16/h2-13H,1H3,(H,23,27)(H,24,28). The molecule has 29 heavy (non-hydrogen) atoms. The van der Waals surface area contributed by atoms with Gasteiger partial charge in [-0.2, -0.15) is 0 Å². The van der Waals surface area contributed by atoms with E-state index >= 15 is 0 Å². The van der Waals surface area contributed by atoms with Crippen LogP contribution in [-0.4, -0.2) is 26.6 Å². The van der Waals surface area contributed by atoms with Gasteiger partial charge < -0.3 is 4.42 Å². The van der Waals surface area contributed by atoms with E-state index in [1.165, 1.54) is 6.07 Å². The molecular formula is C21H17N5O3. The summed E-state index contributed by atoms with van der Waals surface area (Å²) in [5.41, 5.74) is 6.17. The lowest BCUT2D eigenvalue weighted by molar-refractivity contribution is 0.0825. The van der Waals surface area contributed by atoms with Crippen molar-refractivity contribution in [2.75, 3.05) is 0 Å².